The highest BCUT2D eigenvalue weighted by molar-refractivity contribution is 6.25. The van der Waals surface area contributed by atoms with Gasteiger partial charge in [-0.25, -0.2) is 0 Å². The summed E-state index contributed by atoms with van der Waals surface area (Å²) >= 11 is 0. The molecule has 0 aromatic carbocycles. The van der Waals surface area contributed by atoms with E-state index in [4.69, 9.17) is 0 Å². The smallest absolute Gasteiger partial charge is 0.184 e. The lowest BCUT2D eigenvalue weighted by Crippen LogP contribution is -2.54. The van der Waals surface area contributed by atoms with Crippen molar-refractivity contribution in [3.8, 4) is 0 Å². The summed E-state index contributed by atoms with van der Waals surface area (Å²) in [5, 5.41) is 30.6. The predicted octanol–water partition coefficient (Wildman–Crippen LogP) is 12.0. The highest BCUT2D eigenvalue weighted by Gasteiger charge is 2.53. The van der Waals surface area contributed by atoms with E-state index in [-0.39, 0.29) is 19.3 Å². The summed E-state index contributed by atoms with van der Waals surface area (Å²) in [6, 6.07) is 0. The van der Waals surface area contributed by atoms with Gasteiger partial charge in [0.1, 0.15) is 17.6 Å². The first kappa shape index (κ1) is 50.9. The minimum Gasteiger partial charge on any atom is -0.394 e. The molecule has 3 N–H and O–H groups in total. The number of unbranched alkanes of at least 4 members (excludes halogenated alkanes) is 19. The van der Waals surface area contributed by atoms with Crippen molar-refractivity contribution >= 4 is 17.3 Å². The van der Waals surface area contributed by atoms with Gasteiger partial charge < -0.3 is 15.3 Å². The van der Waals surface area contributed by atoms with Gasteiger partial charge in [-0.05, 0) is 83.5 Å². The SMILES string of the molecule is CCCCC/C=C\C/C=C\CCCCCCCC(=O)C(CCCCCC/C=C\C/C=C\CCCCC)(C(=O)CCCCCCC)C(=O)C(O)C(O)CO. The molecular weight excluding hydrogens is 661 g/mol. The maximum absolute atomic E-state index is 14.1. The first-order valence-electron chi connectivity index (χ1n) is 22.0. The Balaban J connectivity index is 5.26. The van der Waals surface area contributed by atoms with E-state index in [0.29, 0.717) is 19.3 Å². The van der Waals surface area contributed by atoms with Crippen LogP contribution in [0.15, 0.2) is 48.6 Å². The fourth-order valence-electron chi connectivity index (χ4n) is 6.80. The van der Waals surface area contributed by atoms with E-state index < -0.39 is 41.6 Å². The molecule has 0 saturated carbocycles. The van der Waals surface area contributed by atoms with E-state index in [1.807, 2.05) is 0 Å². The van der Waals surface area contributed by atoms with Crippen LogP contribution in [0.5, 0.6) is 0 Å². The summed E-state index contributed by atoms with van der Waals surface area (Å²) in [6.07, 6.45) is 40.4. The second-order valence-electron chi connectivity index (χ2n) is 15.1. The first-order chi connectivity index (χ1) is 25.8. The van der Waals surface area contributed by atoms with Gasteiger partial charge in [-0.15, -0.1) is 0 Å². The second kappa shape index (κ2) is 36.8. The lowest BCUT2D eigenvalue weighted by molar-refractivity contribution is -0.158. The Kier molecular flexibility index (Phi) is 35.3. The van der Waals surface area contributed by atoms with Gasteiger partial charge >= 0.3 is 0 Å². The van der Waals surface area contributed by atoms with Gasteiger partial charge in [0.25, 0.3) is 0 Å². The topological polar surface area (TPSA) is 112 Å². The molecule has 3 unspecified atom stereocenters. The van der Waals surface area contributed by atoms with Crippen molar-refractivity contribution in [1.29, 1.82) is 0 Å². The number of hydrogen-bond acceptors (Lipinski definition) is 6. The molecule has 0 bridgehead atoms. The third-order valence-electron chi connectivity index (χ3n) is 10.3. The Morgan fingerprint density at radius 1 is 0.472 bits per heavy atom. The van der Waals surface area contributed by atoms with E-state index in [1.54, 1.807) is 0 Å². The fraction of sp³-hybridized carbons (Fsp3) is 0.766. The Labute approximate surface area is 326 Å². The number of aliphatic hydroxyl groups is 3. The number of carbonyl (C=O) groups excluding carboxylic acids is 3. The van der Waals surface area contributed by atoms with Crippen molar-refractivity contribution in [2.24, 2.45) is 5.41 Å². The van der Waals surface area contributed by atoms with Crippen LogP contribution in [0.2, 0.25) is 0 Å². The van der Waals surface area contributed by atoms with Gasteiger partial charge in [0.05, 0.1) is 6.61 Å². The molecule has 0 aromatic heterocycles. The van der Waals surface area contributed by atoms with Crippen molar-refractivity contribution in [2.45, 2.75) is 219 Å². The van der Waals surface area contributed by atoms with Crippen molar-refractivity contribution in [3.05, 3.63) is 48.6 Å². The molecule has 6 heteroatoms. The van der Waals surface area contributed by atoms with Gasteiger partial charge in [-0.2, -0.15) is 0 Å². The molecule has 53 heavy (non-hydrogen) atoms. The van der Waals surface area contributed by atoms with Gasteiger partial charge in [0, 0.05) is 12.8 Å². The lowest BCUT2D eigenvalue weighted by atomic mass is 9.67. The minimum absolute atomic E-state index is 0.0482. The van der Waals surface area contributed by atoms with E-state index in [9.17, 15) is 29.7 Å². The van der Waals surface area contributed by atoms with Crippen molar-refractivity contribution < 1.29 is 29.7 Å². The summed E-state index contributed by atoms with van der Waals surface area (Å²) in [4.78, 5) is 42.0. The Morgan fingerprint density at radius 3 is 1.23 bits per heavy atom. The molecule has 0 rings (SSSR count). The van der Waals surface area contributed by atoms with Gasteiger partial charge in [-0.3, -0.25) is 14.4 Å². The molecule has 0 spiro atoms. The first-order valence-corrected chi connectivity index (χ1v) is 22.0. The molecule has 0 radical (unpaired) electrons. The highest BCUT2D eigenvalue weighted by atomic mass is 16.4. The average molecular weight is 743 g/mol. The largest absolute Gasteiger partial charge is 0.394 e. The molecule has 0 fully saturated rings. The average Bonchev–Trinajstić information content (AvgIpc) is 3.16. The quantitative estimate of drug-likeness (QED) is 0.0328. The summed E-state index contributed by atoms with van der Waals surface area (Å²) in [5.41, 5.74) is -1.97. The molecule has 306 valence electrons. The molecule has 0 aliphatic heterocycles. The van der Waals surface area contributed by atoms with E-state index in [2.05, 4.69) is 69.4 Å². The van der Waals surface area contributed by atoms with Crippen molar-refractivity contribution in [2.75, 3.05) is 6.61 Å². The van der Waals surface area contributed by atoms with Crippen LogP contribution in [-0.4, -0.2) is 51.5 Å². The molecule has 0 aliphatic carbocycles. The van der Waals surface area contributed by atoms with E-state index >= 15 is 0 Å². The van der Waals surface area contributed by atoms with Gasteiger partial charge in [0.2, 0.25) is 0 Å². The molecule has 0 aliphatic rings. The normalized spacial score (nSPS) is 14.5. The zero-order valence-electron chi connectivity index (χ0n) is 34.6. The number of hydrogen-bond donors (Lipinski definition) is 3. The summed E-state index contributed by atoms with van der Waals surface area (Å²) in [5.74, 6) is -1.79. The van der Waals surface area contributed by atoms with Crippen LogP contribution in [0.4, 0.5) is 0 Å². The third kappa shape index (κ3) is 25.5. The number of Topliss-reactive ketones (excluding diaryl/α,β-unsaturated/α-hetero) is 3. The van der Waals surface area contributed by atoms with Crippen LogP contribution in [0, 0.1) is 5.41 Å². The Morgan fingerprint density at radius 2 is 0.811 bits per heavy atom. The monoisotopic (exact) mass is 743 g/mol. The maximum Gasteiger partial charge on any atom is 0.184 e. The predicted molar refractivity (Wildman–Crippen MR) is 224 cm³/mol. The number of ketones is 3. The Bertz CT molecular complexity index is 1010. The van der Waals surface area contributed by atoms with Crippen LogP contribution < -0.4 is 0 Å². The molecule has 3 atom stereocenters. The summed E-state index contributed by atoms with van der Waals surface area (Å²) < 4.78 is 0. The van der Waals surface area contributed by atoms with Gasteiger partial charge in [0.15, 0.2) is 17.3 Å². The fourth-order valence-corrected chi connectivity index (χ4v) is 6.80. The molecule has 0 aromatic rings. The van der Waals surface area contributed by atoms with Crippen LogP contribution in [-0.2, 0) is 14.4 Å². The number of allylic oxidation sites excluding steroid dienone is 8. The lowest BCUT2D eigenvalue weighted by Gasteiger charge is -2.33. The number of carbonyl (C=O) groups is 3. The van der Waals surface area contributed by atoms with Crippen LogP contribution >= 0.6 is 0 Å². The van der Waals surface area contributed by atoms with Crippen LogP contribution in [0.3, 0.4) is 0 Å². The van der Waals surface area contributed by atoms with E-state index in [1.165, 1.54) is 38.5 Å². The van der Waals surface area contributed by atoms with Crippen LogP contribution in [0.25, 0.3) is 0 Å². The summed E-state index contributed by atoms with van der Waals surface area (Å²) in [6.45, 7) is 5.74. The number of aliphatic hydroxyl groups excluding tert-OH is 3. The zero-order chi connectivity index (χ0) is 39.3. The minimum atomic E-state index is -1.98. The molecule has 0 saturated heterocycles. The maximum atomic E-state index is 14.1. The molecule has 0 amide bonds. The number of rotatable bonds is 39. The highest BCUT2D eigenvalue weighted by Crippen LogP contribution is 2.35. The second-order valence-corrected chi connectivity index (χ2v) is 15.1. The van der Waals surface area contributed by atoms with Gasteiger partial charge in [-0.1, -0.05) is 159 Å². The van der Waals surface area contributed by atoms with Crippen molar-refractivity contribution in [1.82, 2.24) is 0 Å². The molecule has 6 nitrogen and oxygen atoms in total. The van der Waals surface area contributed by atoms with Crippen molar-refractivity contribution in [3.63, 3.8) is 0 Å². The molecule has 0 heterocycles. The third-order valence-corrected chi connectivity index (χ3v) is 10.3. The summed E-state index contributed by atoms with van der Waals surface area (Å²) in [7, 11) is 0. The Hall–Kier alpha value is -2.15. The van der Waals surface area contributed by atoms with E-state index in [0.717, 1.165) is 109 Å². The zero-order valence-corrected chi connectivity index (χ0v) is 34.6. The molecular formula is C47H82O6. The standard InChI is InChI=1S/C47H82O6/c1-4-7-10-13-15-17-19-21-23-24-26-28-30-33-36-39-44(51)47(46(53)45(52)42(49)41-48,43(50)38-35-32-12-9-6-3)40-37-34-31-29-27-25-22-20-18-16-14-11-8-5-2/h15-18,21-23,25,42,45,48-49,52H,4-14,19-20,24,26-41H2,1-3H3/b17-15-,18-16-,23-21-,25-22-. The van der Waals surface area contributed by atoms with Crippen LogP contribution in [0.1, 0.15) is 207 Å².